The topological polar surface area (TPSA) is 37.3 Å². The third kappa shape index (κ3) is 1.74. The van der Waals surface area contributed by atoms with Gasteiger partial charge in [0.05, 0.1) is 5.02 Å². The summed E-state index contributed by atoms with van der Waals surface area (Å²) in [5.74, 6) is 0.601. The summed E-state index contributed by atoms with van der Waals surface area (Å²) in [6.07, 6.45) is 5.38. The highest BCUT2D eigenvalue weighted by Gasteiger charge is 2.39. The molecule has 96 valence electrons. The van der Waals surface area contributed by atoms with Gasteiger partial charge in [0.25, 0.3) is 0 Å². The lowest BCUT2D eigenvalue weighted by Gasteiger charge is -2.15. The molecule has 2 aliphatic carbocycles. The van der Waals surface area contributed by atoms with Crippen molar-refractivity contribution in [2.45, 2.75) is 32.1 Å². The number of hydrogen-bond donors (Lipinski definition) is 1. The predicted octanol–water partition coefficient (Wildman–Crippen LogP) is 4.24. The van der Waals surface area contributed by atoms with Gasteiger partial charge >= 0.3 is 0 Å². The molecule has 0 bridgehead atoms. The van der Waals surface area contributed by atoms with Gasteiger partial charge in [-0.2, -0.15) is 0 Å². The zero-order valence-electron chi connectivity index (χ0n) is 9.88. The Kier molecular flexibility index (Phi) is 3.03. The van der Waals surface area contributed by atoms with Gasteiger partial charge in [-0.15, -0.1) is 0 Å². The summed E-state index contributed by atoms with van der Waals surface area (Å²) in [5.41, 5.74) is 1.39. The van der Waals surface area contributed by atoms with E-state index in [0.29, 0.717) is 17.9 Å². The molecule has 0 aliphatic heterocycles. The first-order valence-electron chi connectivity index (χ1n) is 6.33. The molecule has 1 atom stereocenters. The predicted molar refractivity (Wildman–Crippen MR) is 71.6 cm³/mol. The van der Waals surface area contributed by atoms with E-state index in [0.717, 1.165) is 18.4 Å². The average molecular weight is 285 g/mol. The van der Waals surface area contributed by atoms with Gasteiger partial charge in [0.15, 0.2) is 5.78 Å². The van der Waals surface area contributed by atoms with Crippen LogP contribution in [0.2, 0.25) is 10.0 Å². The van der Waals surface area contributed by atoms with Gasteiger partial charge in [-0.05, 0) is 36.8 Å². The second-order valence-electron chi connectivity index (χ2n) is 5.28. The van der Waals surface area contributed by atoms with Crippen LogP contribution in [-0.4, -0.2) is 10.9 Å². The van der Waals surface area contributed by atoms with E-state index < -0.39 is 0 Å². The van der Waals surface area contributed by atoms with E-state index in [1.807, 2.05) is 0 Å². The van der Waals surface area contributed by atoms with E-state index in [4.69, 9.17) is 23.2 Å². The summed E-state index contributed by atoms with van der Waals surface area (Å²) < 4.78 is 0. The number of ketones is 1. The molecule has 2 aliphatic rings. The Hall–Kier alpha value is -0.730. The Labute approximate surface area is 116 Å². The molecule has 1 saturated carbocycles. The standard InChI is InChI=1S/C14H14Cl2O2/c15-12-10(17)6-8-5-9(7-3-1-2-4-7)14(18)11(8)13(12)16/h6-7,9,17H,1-5H2/t9-/m1/s1. The van der Waals surface area contributed by atoms with Gasteiger partial charge in [0.2, 0.25) is 0 Å². The van der Waals surface area contributed by atoms with Crippen LogP contribution in [0.4, 0.5) is 0 Å². The average Bonchev–Trinajstić information content (AvgIpc) is 2.94. The van der Waals surface area contributed by atoms with Crippen LogP contribution in [0.3, 0.4) is 0 Å². The lowest BCUT2D eigenvalue weighted by atomic mass is 9.88. The molecule has 0 heterocycles. The number of benzene rings is 1. The van der Waals surface area contributed by atoms with Gasteiger partial charge in [0, 0.05) is 11.5 Å². The molecule has 0 saturated heterocycles. The second-order valence-corrected chi connectivity index (χ2v) is 6.03. The number of hydrogen-bond acceptors (Lipinski definition) is 2. The number of aromatic hydroxyl groups is 1. The van der Waals surface area contributed by atoms with E-state index in [-0.39, 0.29) is 27.5 Å². The van der Waals surface area contributed by atoms with Crippen LogP contribution in [-0.2, 0) is 6.42 Å². The molecular weight excluding hydrogens is 271 g/mol. The Morgan fingerprint density at radius 1 is 1.17 bits per heavy atom. The summed E-state index contributed by atoms with van der Waals surface area (Å²) >= 11 is 12.0. The zero-order valence-corrected chi connectivity index (χ0v) is 11.4. The second kappa shape index (κ2) is 4.43. The van der Waals surface area contributed by atoms with Crippen molar-refractivity contribution in [1.29, 1.82) is 0 Å². The molecule has 0 radical (unpaired) electrons. The van der Waals surface area contributed by atoms with E-state index in [9.17, 15) is 9.90 Å². The molecule has 1 N–H and O–H groups in total. The molecule has 1 aromatic rings. The Morgan fingerprint density at radius 2 is 1.83 bits per heavy atom. The Bertz CT molecular complexity index is 519. The fourth-order valence-electron chi connectivity index (χ4n) is 3.35. The third-order valence-electron chi connectivity index (χ3n) is 4.26. The van der Waals surface area contributed by atoms with Crippen molar-refractivity contribution in [3.63, 3.8) is 0 Å². The summed E-state index contributed by atoms with van der Waals surface area (Å²) in [7, 11) is 0. The fourth-order valence-corrected chi connectivity index (χ4v) is 3.81. The molecule has 0 unspecified atom stereocenters. The van der Waals surface area contributed by atoms with Crippen molar-refractivity contribution in [2.75, 3.05) is 0 Å². The lowest BCUT2D eigenvalue weighted by Crippen LogP contribution is -2.18. The minimum atomic E-state index is -0.0275. The van der Waals surface area contributed by atoms with Crippen molar-refractivity contribution >= 4 is 29.0 Å². The number of Topliss-reactive ketones (excluding diaryl/α,β-unsaturated/α-hetero) is 1. The monoisotopic (exact) mass is 284 g/mol. The van der Waals surface area contributed by atoms with Crippen molar-refractivity contribution in [3.8, 4) is 5.75 Å². The summed E-state index contributed by atoms with van der Waals surface area (Å²) in [6, 6.07) is 1.59. The molecule has 18 heavy (non-hydrogen) atoms. The van der Waals surface area contributed by atoms with Crippen LogP contribution in [0.15, 0.2) is 6.07 Å². The maximum Gasteiger partial charge on any atom is 0.168 e. The van der Waals surface area contributed by atoms with Gasteiger partial charge in [-0.25, -0.2) is 0 Å². The molecule has 0 spiro atoms. The van der Waals surface area contributed by atoms with E-state index in [1.165, 1.54) is 12.8 Å². The molecule has 0 aromatic heterocycles. The molecular formula is C14H14Cl2O2. The summed E-state index contributed by atoms with van der Waals surface area (Å²) in [5, 5.41) is 9.99. The Balaban J connectivity index is 2.01. The first kappa shape index (κ1) is 12.3. The molecule has 1 fully saturated rings. The zero-order chi connectivity index (χ0) is 12.9. The van der Waals surface area contributed by atoms with Gasteiger partial charge in [-0.3, -0.25) is 4.79 Å². The van der Waals surface area contributed by atoms with Crippen LogP contribution in [0.5, 0.6) is 5.75 Å². The SMILES string of the molecule is O=C1c2c(cc(O)c(Cl)c2Cl)C[C@@H]1C1CCCC1. The van der Waals surface area contributed by atoms with Crippen LogP contribution < -0.4 is 0 Å². The van der Waals surface area contributed by atoms with Gasteiger partial charge in [-0.1, -0.05) is 36.0 Å². The number of carbonyl (C=O) groups excluding carboxylic acids is 1. The molecule has 0 amide bonds. The maximum atomic E-state index is 12.4. The van der Waals surface area contributed by atoms with Crippen LogP contribution in [0.1, 0.15) is 41.6 Å². The molecule has 4 heteroatoms. The number of phenolic OH excluding ortho intramolecular Hbond substituents is 1. The number of fused-ring (bicyclic) bond motifs is 1. The molecule has 3 rings (SSSR count). The summed E-state index contributed by atoms with van der Waals surface area (Å²) in [6.45, 7) is 0. The fraction of sp³-hybridized carbons (Fsp3) is 0.500. The van der Waals surface area contributed by atoms with Crippen LogP contribution >= 0.6 is 23.2 Å². The minimum Gasteiger partial charge on any atom is -0.506 e. The smallest absolute Gasteiger partial charge is 0.168 e. The molecule has 2 nitrogen and oxygen atoms in total. The maximum absolute atomic E-state index is 12.4. The minimum absolute atomic E-state index is 0.0275. The number of carbonyl (C=O) groups is 1. The van der Waals surface area contributed by atoms with Crippen molar-refractivity contribution < 1.29 is 9.90 Å². The largest absolute Gasteiger partial charge is 0.506 e. The highest BCUT2D eigenvalue weighted by Crippen LogP contribution is 2.45. The Morgan fingerprint density at radius 3 is 2.50 bits per heavy atom. The van der Waals surface area contributed by atoms with E-state index >= 15 is 0 Å². The first-order valence-corrected chi connectivity index (χ1v) is 7.09. The number of phenols is 1. The van der Waals surface area contributed by atoms with Crippen molar-refractivity contribution in [2.24, 2.45) is 11.8 Å². The normalized spacial score (nSPS) is 23.7. The lowest BCUT2D eigenvalue weighted by molar-refractivity contribution is 0.0894. The first-order chi connectivity index (χ1) is 8.59. The quantitative estimate of drug-likeness (QED) is 0.837. The highest BCUT2D eigenvalue weighted by atomic mass is 35.5. The molecule has 1 aromatic carbocycles. The highest BCUT2D eigenvalue weighted by molar-refractivity contribution is 6.45. The number of rotatable bonds is 1. The van der Waals surface area contributed by atoms with E-state index in [1.54, 1.807) is 6.07 Å². The third-order valence-corrected chi connectivity index (χ3v) is 5.12. The van der Waals surface area contributed by atoms with Crippen molar-refractivity contribution in [1.82, 2.24) is 0 Å². The number of halogens is 2. The van der Waals surface area contributed by atoms with Crippen molar-refractivity contribution in [3.05, 3.63) is 27.2 Å². The van der Waals surface area contributed by atoms with Crippen LogP contribution in [0, 0.1) is 11.8 Å². The summed E-state index contributed by atoms with van der Waals surface area (Å²) in [4.78, 5) is 12.4. The van der Waals surface area contributed by atoms with Crippen LogP contribution in [0.25, 0.3) is 0 Å². The van der Waals surface area contributed by atoms with Gasteiger partial charge in [0.1, 0.15) is 10.8 Å². The van der Waals surface area contributed by atoms with E-state index in [2.05, 4.69) is 0 Å². The van der Waals surface area contributed by atoms with Gasteiger partial charge < -0.3 is 5.11 Å².